The lowest BCUT2D eigenvalue weighted by molar-refractivity contribution is 0.102. The third-order valence-electron chi connectivity index (χ3n) is 3.00. The lowest BCUT2D eigenvalue weighted by atomic mass is 10.2. The number of carbonyl (C=O) groups is 1. The first-order valence-electron chi connectivity index (χ1n) is 5.72. The molecule has 2 aromatic heterocycles. The summed E-state index contributed by atoms with van der Waals surface area (Å²) in [6.07, 6.45) is 1.79. The molecule has 0 radical (unpaired) electrons. The second-order valence-corrected chi connectivity index (χ2v) is 4.43. The molecule has 96 valence electrons. The van der Waals surface area contributed by atoms with Gasteiger partial charge in [-0.15, -0.1) is 0 Å². The summed E-state index contributed by atoms with van der Waals surface area (Å²) in [5.74, 6) is -0.144. The molecule has 1 amide bonds. The fourth-order valence-electron chi connectivity index (χ4n) is 2.01. The summed E-state index contributed by atoms with van der Waals surface area (Å²) in [6, 6.07) is 0. The molecule has 2 heterocycles. The van der Waals surface area contributed by atoms with Gasteiger partial charge >= 0.3 is 0 Å². The third kappa shape index (κ3) is 2.01. The number of anilines is 1. The highest BCUT2D eigenvalue weighted by molar-refractivity contribution is 6.06. The van der Waals surface area contributed by atoms with Gasteiger partial charge in [-0.2, -0.15) is 10.2 Å². The van der Waals surface area contributed by atoms with Crippen molar-refractivity contribution in [2.24, 2.45) is 14.1 Å². The predicted molar refractivity (Wildman–Crippen MR) is 68.6 cm³/mol. The Bertz CT molecular complexity index is 608. The van der Waals surface area contributed by atoms with E-state index in [-0.39, 0.29) is 5.91 Å². The van der Waals surface area contributed by atoms with Gasteiger partial charge in [-0.1, -0.05) is 0 Å². The molecule has 0 aliphatic rings. The van der Waals surface area contributed by atoms with Crippen LogP contribution in [0.15, 0.2) is 6.20 Å². The molecule has 0 aliphatic carbocycles. The molecule has 0 saturated heterocycles. The summed E-state index contributed by atoms with van der Waals surface area (Å²) >= 11 is 0. The Morgan fingerprint density at radius 2 is 1.83 bits per heavy atom. The largest absolute Gasteiger partial charge is 0.319 e. The van der Waals surface area contributed by atoms with Crippen molar-refractivity contribution in [1.29, 1.82) is 0 Å². The molecule has 1 N–H and O–H groups in total. The van der Waals surface area contributed by atoms with Crippen molar-refractivity contribution in [1.82, 2.24) is 19.6 Å². The number of aromatic nitrogens is 4. The highest BCUT2D eigenvalue weighted by Crippen LogP contribution is 2.17. The maximum absolute atomic E-state index is 12.2. The van der Waals surface area contributed by atoms with Crippen LogP contribution in [0.4, 0.5) is 5.69 Å². The zero-order valence-electron chi connectivity index (χ0n) is 11.3. The van der Waals surface area contributed by atoms with Crippen LogP contribution in [0.2, 0.25) is 0 Å². The molecular formula is C12H17N5O. The third-order valence-corrected chi connectivity index (χ3v) is 3.00. The van der Waals surface area contributed by atoms with Crippen molar-refractivity contribution in [2.45, 2.75) is 20.8 Å². The lowest BCUT2D eigenvalue weighted by Gasteiger charge is -2.03. The van der Waals surface area contributed by atoms with Gasteiger partial charge < -0.3 is 5.32 Å². The van der Waals surface area contributed by atoms with Gasteiger partial charge in [0.15, 0.2) is 0 Å². The number of nitrogens with one attached hydrogen (secondary N) is 1. The number of nitrogens with zero attached hydrogens (tertiary/aromatic N) is 4. The number of rotatable bonds is 2. The van der Waals surface area contributed by atoms with Gasteiger partial charge in [-0.3, -0.25) is 14.2 Å². The van der Waals surface area contributed by atoms with E-state index in [2.05, 4.69) is 15.5 Å². The van der Waals surface area contributed by atoms with Gasteiger partial charge in [-0.25, -0.2) is 0 Å². The molecule has 0 bridgehead atoms. The number of amides is 1. The predicted octanol–water partition coefficient (Wildman–Crippen LogP) is 1.33. The molecule has 0 saturated carbocycles. The fourth-order valence-corrected chi connectivity index (χ4v) is 2.01. The molecule has 18 heavy (non-hydrogen) atoms. The molecule has 6 nitrogen and oxygen atoms in total. The highest BCUT2D eigenvalue weighted by atomic mass is 16.1. The molecule has 6 heteroatoms. The Balaban J connectivity index is 2.30. The van der Waals surface area contributed by atoms with Crippen LogP contribution in [-0.4, -0.2) is 25.5 Å². The fraction of sp³-hybridized carbons (Fsp3) is 0.417. The summed E-state index contributed by atoms with van der Waals surface area (Å²) < 4.78 is 3.38. The van der Waals surface area contributed by atoms with E-state index in [1.807, 2.05) is 34.9 Å². The number of aryl methyl sites for hydroxylation is 4. The zero-order valence-corrected chi connectivity index (χ0v) is 11.3. The van der Waals surface area contributed by atoms with Crippen molar-refractivity contribution in [3.63, 3.8) is 0 Å². The standard InChI is InChI=1S/C12H17N5O/c1-7-10(6-16(4)14-7)13-12(18)11-8(2)15-17(5)9(11)3/h6H,1-5H3,(H,13,18). The van der Waals surface area contributed by atoms with Gasteiger partial charge in [0.1, 0.15) is 0 Å². The van der Waals surface area contributed by atoms with Gasteiger partial charge in [-0.05, 0) is 20.8 Å². The molecular weight excluding hydrogens is 230 g/mol. The summed E-state index contributed by atoms with van der Waals surface area (Å²) in [6.45, 7) is 5.57. The van der Waals surface area contributed by atoms with E-state index in [1.165, 1.54) is 0 Å². The van der Waals surface area contributed by atoms with Crippen molar-refractivity contribution >= 4 is 11.6 Å². The van der Waals surface area contributed by atoms with Crippen LogP contribution in [0.5, 0.6) is 0 Å². The molecule has 2 aromatic rings. The van der Waals surface area contributed by atoms with Crippen LogP contribution in [0.3, 0.4) is 0 Å². The maximum atomic E-state index is 12.2. The molecule has 0 fully saturated rings. The Morgan fingerprint density at radius 3 is 2.28 bits per heavy atom. The van der Waals surface area contributed by atoms with Crippen LogP contribution in [0, 0.1) is 20.8 Å². The number of hydrogen-bond donors (Lipinski definition) is 1. The summed E-state index contributed by atoms with van der Waals surface area (Å²) in [7, 11) is 3.65. The molecule has 0 aliphatic heterocycles. The molecule has 0 spiro atoms. The van der Waals surface area contributed by atoms with Gasteiger partial charge in [0.25, 0.3) is 5.91 Å². The molecule has 0 atom stereocenters. The van der Waals surface area contributed by atoms with Crippen molar-refractivity contribution in [3.05, 3.63) is 28.8 Å². The van der Waals surface area contributed by atoms with E-state index < -0.39 is 0 Å². The Kier molecular flexibility index (Phi) is 2.94. The summed E-state index contributed by atoms with van der Waals surface area (Å²) in [5, 5.41) is 11.3. The molecule has 0 unspecified atom stereocenters. The Labute approximate surface area is 106 Å². The Morgan fingerprint density at radius 1 is 1.17 bits per heavy atom. The van der Waals surface area contributed by atoms with Crippen molar-refractivity contribution in [2.75, 3.05) is 5.32 Å². The summed E-state index contributed by atoms with van der Waals surface area (Å²) in [5.41, 5.74) is 3.73. The average Bonchev–Trinajstić information content (AvgIpc) is 2.69. The van der Waals surface area contributed by atoms with Gasteiger partial charge in [0.05, 0.1) is 22.6 Å². The first-order chi connectivity index (χ1) is 8.40. The van der Waals surface area contributed by atoms with E-state index >= 15 is 0 Å². The van der Waals surface area contributed by atoms with E-state index in [9.17, 15) is 4.79 Å². The lowest BCUT2D eigenvalue weighted by Crippen LogP contribution is -2.14. The number of hydrogen-bond acceptors (Lipinski definition) is 3. The number of carbonyl (C=O) groups excluding carboxylic acids is 1. The maximum Gasteiger partial charge on any atom is 0.259 e. The van der Waals surface area contributed by atoms with Crippen molar-refractivity contribution in [3.8, 4) is 0 Å². The van der Waals surface area contributed by atoms with Crippen LogP contribution in [-0.2, 0) is 14.1 Å². The van der Waals surface area contributed by atoms with Crippen LogP contribution < -0.4 is 5.32 Å². The SMILES string of the molecule is Cc1nn(C)cc1NC(=O)c1c(C)nn(C)c1C. The van der Waals surface area contributed by atoms with E-state index in [0.29, 0.717) is 5.56 Å². The Hall–Kier alpha value is -2.11. The topological polar surface area (TPSA) is 64.7 Å². The van der Waals surface area contributed by atoms with Gasteiger partial charge in [0, 0.05) is 26.0 Å². The summed E-state index contributed by atoms with van der Waals surface area (Å²) in [4.78, 5) is 12.2. The molecule has 2 rings (SSSR count). The molecule has 0 aromatic carbocycles. The smallest absolute Gasteiger partial charge is 0.259 e. The van der Waals surface area contributed by atoms with Crippen molar-refractivity contribution < 1.29 is 4.79 Å². The van der Waals surface area contributed by atoms with Crippen LogP contribution in [0.1, 0.15) is 27.4 Å². The van der Waals surface area contributed by atoms with E-state index in [4.69, 9.17) is 0 Å². The minimum absolute atomic E-state index is 0.144. The monoisotopic (exact) mass is 247 g/mol. The van der Waals surface area contributed by atoms with Crippen LogP contribution >= 0.6 is 0 Å². The first kappa shape index (κ1) is 12.3. The normalized spacial score (nSPS) is 10.7. The second-order valence-electron chi connectivity index (χ2n) is 4.43. The minimum atomic E-state index is -0.144. The quantitative estimate of drug-likeness (QED) is 0.870. The van der Waals surface area contributed by atoms with Gasteiger partial charge in [0.2, 0.25) is 0 Å². The minimum Gasteiger partial charge on any atom is -0.319 e. The zero-order chi connectivity index (χ0) is 13.4. The first-order valence-corrected chi connectivity index (χ1v) is 5.72. The van der Waals surface area contributed by atoms with E-state index in [1.54, 1.807) is 15.6 Å². The van der Waals surface area contributed by atoms with Crippen LogP contribution in [0.25, 0.3) is 0 Å². The highest BCUT2D eigenvalue weighted by Gasteiger charge is 2.18. The van der Waals surface area contributed by atoms with E-state index in [0.717, 1.165) is 22.8 Å². The average molecular weight is 247 g/mol. The second kappa shape index (κ2) is 4.29.